The number of rotatable bonds is 8. The summed E-state index contributed by atoms with van der Waals surface area (Å²) in [6.07, 6.45) is 12.0. The van der Waals surface area contributed by atoms with Crippen LogP contribution in [0.15, 0.2) is 79.4 Å². The Hall–Kier alpha value is -2.60. The third-order valence-electron chi connectivity index (χ3n) is 7.09. The van der Waals surface area contributed by atoms with Crippen molar-refractivity contribution < 1.29 is 0 Å². The predicted molar refractivity (Wildman–Crippen MR) is 134 cm³/mol. The summed E-state index contributed by atoms with van der Waals surface area (Å²) in [4.78, 5) is 0. The summed E-state index contributed by atoms with van der Waals surface area (Å²) in [7, 11) is 0. The molecule has 0 unspecified atom stereocenters. The molecule has 0 heterocycles. The Balaban J connectivity index is 1.23. The zero-order valence-corrected chi connectivity index (χ0v) is 19.0. The molecule has 1 aliphatic carbocycles. The molecule has 0 aliphatic heterocycles. The van der Waals surface area contributed by atoms with Gasteiger partial charge in [-0.3, -0.25) is 0 Å². The molecule has 0 saturated heterocycles. The van der Waals surface area contributed by atoms with Gasteiger partial charge in [-0.25, -0.2) is 0 Å². The zero-order chi connectivity index (χ0) is 21.5. The summed E-state index contributed by atoms with van der Waals surface area (Å²) >= 11 is 0. The first-order valence-electron chi connectivity index (χ1n) is 12.1. The molecule has 0 atom stereocenters. The van der Waals surface area contributed by atoms with Crippen molar-refractivity contribution in [3.05, 3.63) is 113 Å². The van der Waals surface area contributed by atoms with Crippen LogP contribution in [0.25, 0.3) is 6.08 Å². The van der Waals surface area contributed by atoms with E-state index in [1.807, 2.05) is 6.08 Å². The van der Waals surface area contributed by atoms with Crippen LogP contribution in [0.4, 0.5) is 0 Å². The summed E-state index contributed by atoms with van der Waals surface area (Å²) in [5, 5.41) is 0. The molecule has 3 aromatic rings. The average Bonchev–Trinajstić information content (AvgIpc) is 2.82. The lowest BCUT2D eigenvalue weighted by atomic mass is 9.77. The van der Waals surface area contributed by atoms with Crippen LogP contribution in [0.2, 0.25) is 0 Å². The Kier molecular flexibility index (Phi) is 7.41. The first-order chi connectivity index (χ1) is 15.2. The van der Waals surface area contributed by atoms with E-state index in [1.54, 1.807) is 0 Å². The fourth-order valence-electron chi connectivity index (χ4n) is 5.02. The highest BCUT2D eigenvalue weighted by molar-refractivity contribution is 5.47. The number of hydrogen-bond donors (Lipinski definition) is 0. The van der Waals surface area contributed by atoms with E-state index >= 15 is 0 Å². The van der Waals surface area contributed by atoms with Gasteiger partial charge >= 0.3 is 0 Å². The van der Waals surface area contributed by atoms with Crippen molar-refractivity contribution in [2.45, 2.75) is 58.3 Å². The van der Waals surface area contributed by atoms with E-state index in [4.69, 9.17) is 0 Å². The van der Waals surface area contributed by atoms with Gasteiger partial charge in [-0.2, -0.15) is 0 Å². The van der Waals surface area contributed by atoms with E-state index in [0.29, 0.717) is 0 Å². The Labute approximate surface area is 189 Å². The van der Waals surface area contributed by atoms with E-state index in [-0.39, 0.29) is 0 Å². The van der Waals surface area contributed by atoms with Crippen molar-refractivity contribution in [1.82, 2.24) is 0 Å². The molecule has 1 saturated carbocycles. The molecular formula is C31H36. The topological polar surface area (TPSA) is 0 Å². The van der Waals surface area contributed by atoms with Crippen molar-refractivity contribution in [3.8, 4) is 0 Å². The highest BCUT2D eigenvalue weighted by atomic mass is 14.3. The summed E-state index contributed by atoms with van der Waals surface area (Å²) in [6, 6.07) is 27.4. The molecule has 0 spiro atoms. The van der Waals surface area contributed by atoms with Crippen LogP contribution in [0, 0.1) is 11.8 Å². The van der Waals surface area contributed by atoms with Crippen LogP contribution >= 0.6 is 0 Å². The van der Waals surface area contributed by atoms with Crippen LogP contribution in [0.5, 0.6) is 0 Å². The van der Waals surface area contributed by atoms with Crippen LogP contribution in [-0.4, -0.2) is 0 Å². The van der Waals surface area contributed by atoms with Gasteiger partial charge in [0.1, 0.15) is 0 Å². The molecule has 4 rings (SSSR count). The maximum Gasteiger partial charge on any atom is -0.00258 e. The highest BCUT2D eigenvalue weighted by Gasteiger charge is 2.21. The minimum Gasteiger partial charge on any atom is -0.0985 e. The van der Waals surface area contributed by atoms with Crippen LogP contribution in [0.3, 0.4) is 0 Å². The Morgan fingerprint density at radius 1 is 0.613 bits per heavy atom. The minimum absolute atomic E-state index is 0.854. The smallest absolute Gasteiger partial charge is 0.00258 e. The van der Waals surface area contributed by atoms with Crippen LogP contribution in [0.1, 0.15) is 66.0 Å². The van der Waals surface area contributed by atoms with Gasteiger partial charge in [-0.1, -0.05) is 92.4 Å². The van der Waals surface area contributed by atoms with E-state index < -0.39 is 0 Å². The molecule has 31 heavy (non-hydrogen) atoms. The van der Waals surface area contributed by atoms with Gasteiger partial charge in [0.2, 0.25) is 0 Å². The summed E-state index contributed by atoms with van der Waals surface area (Å²) in [5.74, 6) is 1.71. The molecule has 0 aromatic heterocycles. The Morgan fingerprint density at radius 2 is 1.00 bits per heavy atom. The fraction of sp³-hybridized carbons (Fsp3) is 0.355. The molecule has 0 heteroatoms. The molecular weight excluding hydrogens is 372 g/mol. The average molecular weight is 409 g/mol. The lowest BCUT2D eigenvalue weighted by Crippen LogP contribution is -2.18. The van der Waals surface area contributed by atoms with Crippen molar-refractivity contribution in [3.63, 3.8) is 0 Å². The standard InChI is InChI=1S/C31H36/c1-3-24-5-9-26(10-6-24)21-28-13-17-30(18-14-28)23-31-19-15-29(16-20-31)22-27-11-7-25(4-2)8-12-27/h3,5-12,15-16,19-20,28,30H,1,4,13-14,17-18,21-23H2,2H3. The molecule has 3 aromatic carbocycles. The monoisotopic (exact) mass is 408 g/mol. The predicted octanol–water partition coefficient (Wildman–Crippen LogP) is 8.07. The largest absolute Gasteiger partial charge is 0.0985 e. The second kappa shape index (κ2) is 10.6. The van der Waals surface area contributed by atoms with Crippen molar-refractivity contribution in [2.24, 2.45) is 11.8 Å². The van der Waals surface area contributed by atoms with Crippen LogP contribution < -0.4 is 0 Å². The summed E-state index contributed by atoms with van der Waals surface area (Å²) in [6.45, 7) is 6.06. The van der Waals surface area contributed by atoms with E-state index in [1.165, 1.54) is 71.9 Å². The van der Waals surface area contributed by atoms with Crippen molar-refractivity contribution in [1.29, 1.82) is 0 Å². The summed E-state index contributed by atoms with van der Waals surface area (Å²) < 4.78 is 0. The maximum atomic E-state index is 3.85. The third kappa shape index (κ3) is 6.20. The minimum atomic E-state index is 0.854. The second-order valence-electron chi connectivity index (χ2n) is 9.40. The molecule has 0 nitrogen and oxygen atoms in total. The first-order valence-corrected chi connectivity index (χ1v) is 12.1. The Bertz CT molecular complexity index is 936. The SMILES string of the molecule is C=Cc1ccc(CC2CCC(Cc3ccc(Cc4ccc(CC)cc4)cc3)CC2)cc1. The normalized spacial score (nSPS) is 18.6. The van der Waals surface area contributed by atoms with Gasteiger partial charge in [-0.15, -0.1) is 0 Å². The zero-order valence-electron chi connectivity index (χ0n) is 19.0. The van der Waals surface area contributed by atoms with E-state index in [0.717, 1.165) is 24.7 Å². The molecule has 1 aliphatic rings. The van der Waals surface area contributed by atoms with Crippen molar-refractivity contribution >= 4 is 6.08 Å². The summed E-state index contributed by atoms with van der Waals surface area (Å²) in [5.41, 5.74) is 8.44. The van der Waals surface area contributed by atoms with Gasteiger partial charge in [0.05, 0.1) is 0 Å². The number of benzene rings is 3. The highest BCUT2D eigenvalue weighted by Crippen LogP contribution is 2.33. The molecule has 160 valence electrons. The number of hydrogen-bond acceptors (Lipinski definition) is 0. The van der Waals surface area contributed by atoms with E-state index in [9.17, 15) is 0 Å². The van der Waals surface area contributed by atoms with E-state index in [2.05, 4.69) is 86.3 Å². The van der Waals surface area contributed by atoms with Gasteiger partial charge in [0, 0.05) is 0 Å². The van der Waals surface area contributed by atoms with Gasteiger partial charge < -0.3 is 0 Å². The molecule has 0 bridgehead atoms. The van der Waals surface area contributed by atoms with Gasteiger partial charge in [-0.05, 0) is 96.6 Å². The molecule has 0 amide bonds. The van der Waals surface area contributed by atoms with Gasteiger partial charge in [0.15, 0.2) is 0 Å². The molecule has 0 radical (unpaired) electrons. The second-order valence-corrected chi connectivity index (χ2v) is 9.40. The van der Waals surface area contributed by atoms with Crippen LogP contribution in [-0.2, 0) is 25.7 Å². The lowest BCUT2D eigenvalue weighted by Gasteiger charge is -2.28. The van der Waals surface area contributed by atoms with Gasteiger partial charge in [0.25, 0.3) is 0 Å². The van der Waals surface area contributed by atoms with Crippen molar-refractivity contribution in [2.75, 3.05) is 0 Å². The quantitative estimate of drug-likeness (QED) is 0.353. The molecule has 1 fully saturated rings. The fourth-order valence-corrected chi connectivity index (χ4v) is 5.02. The number of aryl methyl sites for hydroxylation is 1. The maximum absolute atomic E-state index is 3.85. The Morgan fingerprint density at radius 3 is 1.42 bits per heavy atom. The first kappa shape index (κ1) is 21.6. The molecule has 0 N–H and O–H groups in total. The lowest BCUT2D eigenvalue weighted by molar-refractivity contribution is 0.272. The third-order valence-corrected chi connectivity index (χ3v) is 7.09.